The van der Waals surface area contributed by atoms with Crippen LogP contribution in [0, 0.1) is 5.92 Å². The Morgan fingerprint density at radius 1 is 1.24 bits per heavy atom. The van der Waals surface area contributed by atoms with E-state index in [1.165, 1.54) is 10.9 Å². The highest BCUT2D eigenvalue weighted by Crippen LogP contribution is 2.25. The maximum Gasteiger partial charge on any atom is 0.274 e. The lowest BCUT2D eigenvalue weighted by Gasteiger charge is -2.32. The van der Waals surface area contributed by atoms with Crippen molar-refractivity contribution in [3.63, 3.8) is 0 Å². The molecule has 1 saturated heterocycles. The summed E-state index contributed by atoms with van der Waals surface area (Å²) in [5, 5.41) is 5.47. The van der Waals surface area contributed by atoms with Crippen LogP contribution >= 0.6 is 0 Å². The molecule has 4 rings (SSSR count). The number of piperidine rings is 1. The summed E-state index contributed by atoms with van der Waals surface area (Å²) < 4.78 is 1.68. The number of rotatable bonds is 3. The Morgan fingerprint density at radius 3 is 3.00 bits per heavy atom. The van der Waals surface area contributed by atoms with Crippen molar-refractivity contribution in [2.75, 3.05) is 13.1 Å². The summed E-state index contributed by atoms with van der Waals surface area (Å²) in [6.07, 6.45) is 6.84. The number of hydrogen-bond donors (Lipinski definition) is 0. The maximum atomic E-state index is 12.7. The first-order chi connectivity index (χ1) is 12.2. The van der Waals surface area contributed by atoms with Crippen LogP contribution in [-0.4, -0.2) is 38.7 Å². The van der Waals surface area contributed by atoms with E-state index in [2.05, 4.69) is 34.3 Å². The molecule has 1 aliphatic rings. The standard InChI is InChI=1S/C20H22N4O/c1-23-12-9-19(22-23)20(25)24-11-4-5-15(14-24)13-16-6-2-8-18-17(16)7-3-10-21-18/h2-3,6-10,12,15H,4-5,11,13-14H2,1H3/t15-/m0/s1. The Balaban J connectivity index is 1.50. The van der Waals surface area contributed by atoms with Gasteiger partial charge < -0.3 is 4.90 Å². The minimum atomic E-state index is 0.0462. The van der Waals surface area contributed by atoms with E-state index in [0.717, 1.165) is 37.9 Å². The van der Waals surface area contributed by atoms with Crippen molar-refractivity contribution in [3.05, 3.63) is 60.0 Å². The molecule has 0 N–H and O–H groups in total. The van der Waals surface area contributed by atoms with Gasteiger partial charge in [-0.1, -0.05) is 18.2 Å². The van der Waals surface area contributed by atoms with Gasteiger partial charge in [0.1, 0.15) is 5.69 Å². The number of nitrogens with zero attached hydrogens (tertiary/aromatic N) is 4. The summed E-state index contributed by atoms with van der Waals surface area (Å²) >= 11 is 0. The fourth-order valence-corrected chi connectivity index (χ4v) is 3.76. The predicted molar refractivity (Wildman–Crippen MR) is 97.3 cm³/mol. The highest BCUT2D eigenvalue weighted by atomic mass is 16.2. The van der Waals surface area contributed by atoms with Crippen molar-refractivity contribution in [1.82, 2.24) is 19.7 Å². The number of carbonyl (C=O) groups is 1. The van der Waals surface area contributed by atoms with E-state index in [4.69, 9.17) is 0 Å². The van der Waals surface area contributed by atoms with Gasteiger partial charge in [-0.2, -0.15) is 5.10 Å². The van der Waals surface area contributed by atoms with Crippen molar-refractivity contribution in [2.45, 2.75) is 19.3 Å². The Morgan fingerprint density at radius 2 is 2.16 bits per heavy atom. The molecule has 1 aliphatic heterocycles. The topological polar surface area (TPSA) is 51.0 Å². The Hall–Kier alpha value is -2.69. The Labute approximate surface area is 147 Å². The Kier molecular flexibility index (Phi) is 4.22. The zero-order valence-electron chi connectivity index (χ0n) is 14.4. The number of likely N-dealkylation sites (tertiary alicyclic amines) is 1. The molecule has 5 nitrogen and oxygen atoms in total. The number of hydrogen-bond acceptors (Lipinski definition) is 3. The monoisotopic (exact) mass is 334 g/mol. The van der Waals surface area contributed by atoms with Crippen LogP contribution < -0.4 is 0 Å². The third-order valence-electron chi connectivity index (χ3n) is 4.98. The van der Waals surface area contributed by atoms with E-state index < -0.39 is 0 Å². The second-order valence-corrected chi connectivity index (χ2v) is 6.83. The van der Waals surface area contributed by atoms with Crippen LogP contribution in [0.15, 0.2) is 48.8 Å². The van der Waals surface area contributed by atoms with Gasteiger partial charge in [-0.3, -0.25) is 14.5 Å². The lowest BCUT2D eigenvalue weighted by Crippen LogP contribution is -2.40. The third-order valence-corrected chi connectivity index (χ3v) is 4.98. The van der Waals surface area contributed by atoms with Crippen molar-refractivity contribution in [1.29, 1.82) is 0 Å². The first kappa shape index (κ1) is 15.8. The zero-order chi connectivity index (χ0) is 17.2. The summed E-state index contributed by atoms with van der Waals surface area (Å²) in [4.78, 5) is 19.1. The summed E-state index contributed by atoms with van der Waals surface area (Å²) in [5.41, 5.74) is 2.90. The molecule has 1 aromatic carbocycles. The number of fused-ring (bicyclic) bond motifs is 1. The number of aryl methyl sites for hydroxylation is 1. The molecule has 5 heteroatoms. The molecule has 0 unspecified atom stereocenters. The highest BCUT2D eigenvalue weighted by molar-refractivity contribution is 5.92. The summed E-state index contributed by atoms with van der Waals surface area (Å²) in [6.45, 7) is 1.62. The highest BCUT2D eigenvalue weighted by Gasteiger charge is 2.26. The van der Waals surface area contributed by atoms with E-state index in [1.54, 1.807) is 10.7 Å². The molecule has 128 valence electrons. The number of pyridine rings is 1. The molecule has 0 aliphatic carbocycles. The number of benzene rings is 1. The Bertz CT molecular complexity index is 896. The van der Waals surface area contributed by atoms with E-state index >= 15 is 0 Å². The van der Waals surface area contributed by atoms with Crippen LogP contribution in [0.2, 0.25) is 0 Å². The molecule has 3 aromatic rings. The lowest BCUT2D eigenvalue weighted by atomic mass is 9.89. The third kappa shape index (κ3) is 3.27. The summed E-state index contributed by atoms with van der Waals surface area (Å²) in [6, 6.07) is 12.2. The van der Waals surface area contributed by atoms with Crippen LogP contribution in [0.3, 0.4) is 0 Å². The van der Waals surface area contributed by atoms with Crippen molar-refractivity contribution < 1.29 is 4.79 Å². The quantitative estimate of drug-likeness (QED) is 0.740. The van der Waals surface area contributed by atoms with Crippen LogP contribution in [0.4, 0.5) is 0 Å². The van der Waals surface area contributed by atoms with E-state index in [1.807, 2.05) is 30.4 Å². The molecule has 1 atom stereocenters. The van der Waals surface area contributed by atoms with Gasteiger partial charge in [0.05, 0.1) is 5.52 Å². The summed E-state index contributed by atoms with van der Waals surface area (Å²) in [7, 11) is 1.84. The van der Waals surface area contributed by atoms with E-state index in [9.17, 15) is 4.79 Å². The maximum absolute atomic E-state index is 12.7. The smallest absolute Gasteiger partial charge is 0.274 e. The molecule has 25 heavy (non-hydrogen) atoms. The number of aromatic nitrogens is 3. The molecule has 3 heterocycles. The van der Waals surface area contributed by atoms with Gasteiger partial charge in [0.2, 0.25) is 0 Å². The molecule has 1 amide bonds. The number of carbonyl (C=O) groups excluding carboxylic acids is 1. The molecule has 0 radical (unpaired) electrons. The van der Waals surface area contributed by atoms with Crippen molar-refractivity contribution in [2.24, 2.45) is 13.0 Å². The first-order valence-corrected chi connectivity index (χ1v) is 8.82. The van der Waals surface area contributed by atoms with Crippen LogP contribution in [0.5, 0.6) is 0 Å². The molecular weight excluding hydrogens is 312 g/mol. The van der Waals surface area contributed by atoms with Gasteiger partial charge in [-0.05, 0) is 48.9 Å². The van der Waals surface area contributed by atoms with E-state index in [-0.39, 0.29) is 5.91 Å². The van der Waals surface area contributed by atoms with Gasteiger partial charge in [-0.25, -0.2) is 0 Å². The minimum absolute atomic E-state index is 0.0462. The second-order valence-electron chi connectivity index (χ2n) is 6.83. The van der Waals surface area contributed by atoms with Gasteiger partial charge in [0, 0.05) is 37.9 Å². The SMILES string of the molecule is Cn1ccc(C(=O)N2CCC[C@@H](Cc3cccc4ncccc34)C2)n1. The van der Waals surface area contributed by atoms with Gasteiger partial charge in [0.15, 0.2) is 0 Å². The molecular formula is C20H22N4O. The van der Waals surface area contributed by atoms with Gasteiger partial charge in [-0.15, -0.1) is 0 Å². The molecule has 1 fully saturated rings. The largest absolute Gasteiger partial charge is 0.337 e. The zero-order valence-corrected chi connectivity index (χ0v) is 14.4. The fraction of sp³-hybridized carbons (Fsp3) is 0.350. The van der Waals surface area contributed by atoms with Crippen molar-refractivity contribution in [3.8, 4) is 0 Å². The average Bonchev–Trinajstić information content (AvgIpc) is 3.08. The van der Waals surface area contributed by atoms with Crippen LogP contribution in [0.25, 0.3) is 10.9 Å². The fourth-order valence-electron chi connectivity index (χ4n) is 3.76. The predicted octanol–water partition coefficient (Wildman–Crippen LogP) is 3.06. The number of amides is 1. The molecule has 0 bridgehead atoms. The molecule has 0 saturated carbocycles. The van der Waals surface area contributed by atoms with Crippen molar-refractivity contribution >= 4 is 16.8 Å². The van der Waals surface area contributed by atoms with Crippen LogP contribution in [0.1, 0.15) is 28.9 Å². The minimum Gasteiger partial charge on any atom is -0.337 e. The van der Waals surface area contributed by atoms with Gasteiger partial charge in [0.25, 0.3) is 5.91 Å². The second kappa shape index (κ2) is 6.67. The van der Waals surface area contributed by atoms with E-state index in [0.29, 0.717) is 11.6 Å². The molecule has 0 spiro atoms. The van der Waals surface area contributed by atoms with Gasteiger partial charge >= 0.3 is 0 Å². The van der Waals surface area contributed by atoms with Crippen LogP contribution in [-0.2, 0) is 13.5 Å². The summed E-state index contributed by atoms with van der Waals surface area (Å²) in [5.74, 6) is 0.525. The average molecular weight is 334 g/mol. The lowest BCUT2D eigenvalue weighted by molar-refractivity contribution is 0.0667. The molecule has 2 aromatic heterocycles. The first-order valence-electron chi connectivity index (χ1n) is 8.82. The normalized spacial score (nSPS) is 17.8.